The first-order valence-electron chi connectivity index (χ1n) is 8.32. The predicted molar refractivity (Wildman–Crippen MR) is 97.8 cm³/mol. The minimum atomic E-state index is -0.489. The second-order valence-corrected chi connectivity index (χ2v) is 6.19. The van der Waals surface area contributed by atoms with Crippen LogP contribution in [-0.4, -0.2) is 24.9 Å². The molecule has 0 heterocycles. The normalized spacial score (nSPS) is 17.3. The smallest absolute Gasteiger partial charge is 0.337 e. The van der Waals surface area contributed by atoms with E-state index in [1.54, 1.807) is 42.5 Å². The SMILES string of the molecule is COC(=O)c1cccc(NC(=O)C2CC2C(=O)Nc2ccc(C#N)cc2)c1. The van der Waals surface area contributed by atoms with Crippen molar-refractivity contribution in [3.8, 4) is 6.07 Å². The number of hydrogen-bond donors (Lipinski definition) is 2. The summed E-state index contributed by atoms with van der Waals surface area (Å²) in [5.74, 6) is -1.80. The van der Waals surface area contributed by atoms with Gasteiger partial charge in [-0.2, -0.15) is 5.26 Å². The molecule has 2 aromatic rings. The van der Waals surface area contributed by atoms with Crippen molar-refractivity contribution in [2.75, 3.05) is 17.7 Å². The number of hydrogen-bond acceptors (Lipinski definition) is 5. The topological polar surface area (TPSA) is 108 Å². The molecule has 0 spiro atoms. The summed E-state index contributed by atoms with van der Waals surface area (Å²) in [5, 5.41) is 14.2. The molecular weight excluding hydrogens is 346 g/mol. The lowest BCUT2D eigenvalue weighted by Gasteiger charge is -2.07. The van der Waals surface area contributed by atoms with Crippen LogP contribution in [-0.2, 0) is 14.3 Å². The molecule has 7 nitrogen and oxygen atoms in total. The molecule has 0 bridgehead atoms. The minimum Gasteiger partial charge on any atom is -0.465 e. The molecule has 7 heteroatoms. The molecule has 1 saturated carbocycles. The Balaban J connectivity index is 1.56. The number of nitrogens with zero attached hydrogens (tertiary/aromatic N) is 1. The van der Waals surface area contributed by atoms with Crippen LogP contribution in [0.2, 0.25) is 0 Å². The molecule has 0 aliphatic heterocycles. The zero-order chi connectivity index (χ0) is 19.4. The van der Waals surface area contributed by atoms with Crippen LogP contribution in [0.25, 0.3) is 0 Å². The zero-order valence-electron chi connectivity index (χ0n) is 14.6. The van der Waals surface area contributed by atoms with E-state index in [0.717, 1.165) is 0 Å². The Kier molecular flexibility index (Phi) is 5.18. The summed E-state index contributed by atoms with van der Waals surface area (Å²) in [5.41, 5.74) is 1.89. The average molecular weight is 363 g/mol. The number of nitriles is 1. The largest absolute Gasteiger partial charge is 0.465 e. The molecule has 1 aliphatic carbocycles. The molecule has 2 amide bonds. The molecule has 0 saturated heterocycles. The maximum Gasteiger partial charge on any atom is 0.337 e. The molecule has 136 valence electrons. The van der Waals surface area contributed by atoms with Gasteiger partial charge in [0.2, 0.25) is 11.8 Å². The maximum absolute atomic E-state index is 12.3. The van der Waals surface area contributed by atoms with Crippen LogP contribution in [0.3, 0.4) is 0 Å². The summed E-state index contributed by atoms with van der Waals surface area (Å²) in [6.45, 7) is 0. The van der Waals surface area contributed by atoms with Crippen LogP contribution in [0, 0.1) is 23.2 Å². The van der Waals surface area contributed by atoms with Crippen molar-refractivity contribution < 1.29 is 19.1 Å². The summed E-state index contributed by atoms with van der Waals surface area (Å²) in [7, 11) is 1.29. The van der Waals surface area contributed by atoms with E-state index in [4.69, 9.17) is 5.26 Å². The van der Waals surface area contributed by atoms with E-state index < -0.39 is 17.8 Å². The minimum absolute atomic E-state index is 0.233. The highest BCUT2D eigenvalue weighted by Crippen LogP contribution is 2.40. The Labute approximate surface area is 155 Å². The molecule has 27 heavy (non-hydrogen) atoms. The molecule has 1 fully saturated rings. The number of rotatable bonds is 5. The predicted octanol–water partition coefficient (Wildman–Crippen LogP) is 2.56. The fourth-order valence-electron chi connectivity index (χ4n) is 2.71. The Morgan fingerprint density at radius 1 is 1.00 bits per heavy atom. The van der Waals surface area contributed by atoms with Crippen LogP contribution in [0.4, 0.5) is 11.4 Å². The Morgan fingerprint density at radius 3 is 2.22 bits per heavy atom. The van der Waals surface area contributed by atoms with Crippen molar-refractivity contribution >= 4 is 29.2 Å². The quantitative estimate of drug-likeness (QED) is 0.794. The third kappa shape index (κ3) is 4.30. The summed E-state index contributed by atoms with van der Waals surface area (Å²) in [6, 6.07) is 14.9. The van der Waals surface area contributed by atoms with Gasteiger partial charge in [-0.3, -0.25) is 9.59 Å². The molecule has 1 aliphatic rings. The molecular formula is C20H17N3O4. The number of nitrogens with one attached hydrogen (secondary N) is 2. The van der Waals surface area contributed by atoms with E-state index in [0.29, 0.717) is 28.9 Å². The number of carbonyl (C=O) groups is 3. The molecule has 0 aromatic heterocycles. The zero-order valence-corrected chi connectivity index (χ0v) is 14.6. The lowest BCUT2D eigenvalue weighted by molar-refractivity contribution is -0.122. The van der Waals surface area contributed by atoms with Crippen molar-refractivity contribution in [2.24, 2.45) is 11.8 Å². The lowest BCUT2D eigenvalue weighted by Crippen LogP contribution is -2.20. The number of amides is 2. The van der Waals surface area contributed by atoms with Crippen LogP contribution < -0.4 is 10.6 Å². The molecule has 2 unspecified atom stereocenters. The molecule has 3 rings (SSSR count). The van der Waals surface area contributed by atoms with Gasteiger partial charge in [-0.1, -0.05) is 6.07 Å². The summed E-state index contributed by atoms with van der Waals surface area (Å²) in [4.78, 5) is 36.1. The van der Waals surface area contributed by atoms with Gasteiger partial charge in [0.1, 0.15) is 0 Å². The molecule has 2 aromatic carbocycles. The van der Waals surface area contributed by atoms with Gasteiger partial charge < -0.3 is 15.4 Å². The second-order valence-electron chi connectivity index (χ2n) is 6.19. The van der Waals surface area contributed by atoms with Crippen molar-refractivity contribution in [2.45, 2.75) is 6.42 Å². The van der Waals surface area contributed by atoms with Gasteiger partial charge in [0.25, 0.3) is 0 Å². The summed E-state index contributed by atoms with van der Waals surface area (Å²) < 4.78 is 4.65. The number of benzene rings is 2. The van der Waals surface area contributed by atoms with E-state index in [2.05, 4.69) is 15.4 Å². The standard InChI is InChI=1S/C20H17N3O4/c1-27-20(26)13-3-2-4-15(9-13)23-19(25)17-10-16(17)18(24)22-14-7-5-12(11-21)6-8-14/h2-9,16-17H,10H2,1H3,(H,22,24)(H,23,25). The monoisotopic (exact) mass is 363 g/mol. The Hall–Kier alpha value is -3.66. The summed E-state index contributed by atoms with van der Waals surface area (Å²) in [6.07, 6.45) is 0.463. The van der Waals surface area contributed by atoms with Crippen LogP contribution >= 0.6 is 0 Å². The van der Waals surface area contributed by atoms with Gasteiger partial charge in [-0.15, -0.1) is 0 Å². The van der Waals surface area contributed by atoms with Crippen LogP contribution in [0.5, 0.6) is 0 Å². The Morgan fingerprint density at radius 2 is 1.63 bits per heavy atom. The van der Waals surface area contributed by atoms with Crippen LogP contribution in [0.15, 0.2) is 48.5 Å². The van der Waals surface area contributed by atoms with Crippen molar-refractivity contribution in [1.82, 2.24) is 0 Å². The van der Waals surface area contributed by atoms with Gasteiger partial charge >= 0.3 is 5.97 Å². The maximum atomic E-state index is 12.3. The highest BCUT2D eigenvalue weighted by Gasteiger charge is 2.48. The molecule has 2 N–H and O–H groups in total. The summed E-state index contributed by atoms with van der Waals surface area (Å²) >= 11 is 0. The first-order chi connectivity index (χ1) is 13.0. The van der Waals surface area contributed by atoms with E-state index in [1.165, 1.54) is 13.2 Å². The third-order valence-electron chi connectivity index (χ3n) is 4.30. The number of methoxy groups -OCH3 is 1. The van der Waals surface area contributed by atoms with Crippen LogP contribution in [0.1, 0.15) is 22.3 Å². The fraction of sp³-hybridized carbons (Fsp3) is 0.200. The van der Waals surface area contributed by atoms with E-state index in [1.807, 2.05) is 6.07 Å². The molecule has 2 atom stereocenters. The Bertz CT molecular complexity index is 931. The van der Waals surface area contributed by atoms with Gasteiger partial charge in [0, 0.05) is 11.4 Å². The third-order valence-corrected chi connectivity index (χ3v) is 4.30. The van der Waals surface area contributed by atoms with Gasteiger partial charge in [-0.25, -0.2) is 4.79 Å². The average Bonchev–Trinajstić information content (AvgIpc) is 3.49. The van der Waals surface area contributed by atoms with Crippen molar-refractivity contribution in [3.05, 3.63) is 59.7 Å². The fourth-order valence-corrected chi connectivity index (χ4v) is 2.71. The van der Waals surface area contributed by atoms with E-state index in [-0.39, 0.29) is 11.8 Å². The number of anilines is 2. The lowest BCUT2D eigenvalue weighted by atomic mass is 10.2. The number of esters is 1. The van der Waals surface area contributed by atoms with E-state index in [9.17, 15) is 14.4 Å². The second kappa shape index (κ2) is 7.70. The van der Waals surface area contributed by atoms with Gasteiger partial charge in [-0.05, 0) is 48.9 Å². The number of ether oxygens (including phenoxy) is 1. The molecule has 0 radical (unpaired) electrons. The van der Waals surface area contributed by atoms with Crippen molar-refractivity contribution in [3.63, 3.8) is 0 Å². The highest BCUT2D eigenvalue weighted by molar-refractivity contribution is 6.03. The number of carbonyl (C=O) groups excluding carboxylic acids is 3. The van der Waals surface area contributed by atoms with E-state index >= 15 is 0 Å². The highest BCUT2D eigenvalue weighted by atomic mass is 16.5. The first kappa shape index (κ1) is 18.1. The van der Waals surface area contributed by atoms with Gasteiger partial charge in [0.15, 0.2) is 0 Å². The van der Waals surface area contributed by atoms with Crippen molar-refractivity contribution in [1.29, 1.82) is 5.26 Å². The first-order valence-corrected chi connectivity index (χ1v) is 8.32. The van der Waals surface area contributed by atoms with Gasteiger partial charge in [0.05, 0.1) is 36.1 Å².